The summed E-state index contributed by atoms with van der Waals surface area (Å²) in [5.74, 6) is -1.04. The molecule has 2 amide bonds. The number of anilines is 2. The summed E-state index contributed by atoms with van der Waals surface area (Å²) in [6, 6.07) is 20.0. The molecule has 226 valence electrons. The Labute approximate surface area is 253 Å². The van der Waals surface area contributed by atoms with Gasteiger partial charge in [0, 0.05) is 53.8 Å². The maximum Gasteiger partial charge on any atom is 0.416 e. The topological polar surface area (TPSA) is 91.4 Å². The molecule has 2 N–H and O–H groups in total. The highest BCUT2D eigenvalue weighted by atomic mass is 19.4. The Morgan fingerprint density at radius 3 is 2.30 bits per heavy atom. The first kappa shape index (κ1) is 30.5. The maximum absolute atomic E-state index is 13.3. The number of benzene rings is 3. The molecule has 0 radical (unpaired) electrons. The molecular formula is C34H31F3N4O3. The molecule has 4 aromatic rings. The standard InChI is InChI=1S/C34H31F3N4O3/c1-22(42)24-8-6-9-25(18-24)33(44)40-30-12-11-28(41-15-3-2-4-16-41)20-29(30)31-19-26(13-14-38-31)32(43)39-21-23-7-5-10-27(17-23)34(35,36)37/h5-14,17-20H,2-4,15-16,21H2,1H3,(H,39,43)(H,40,44). The second-order valence-corrected chi connectivity index (χ2v) is 10.7. The van der Waals surface area contributed by atoms with E-state index < -0.39 is 23.6 Å². The number of aromatic nitrogens is 1. The number of nitrogens with zero attached hydrogens (tertiary/aromatic N) is 2. The summed E-state index contributed by atoms with van der Waals surface area (Å²) >= 11 is 0. The number of carbonyl (C=O) groups excluding carboxylic acids is 3. The first-order valence-electron chi connectivity index (χ1n) is 14.3. The van der Waals surface area contributed by atoms with Crippen LogP contribution < -0.4 is 15.5 Å². The zero-order valence-corrected chi connectivity index (χ0v) is 24.1. The number of piperidine rings is 1. The van der Waals surface area contributed by atoms with E-state index in [2.05, 4.69) is 20.5 Å². The summed E-state index contributed by atoms with van der Waals surface area (Å²) in [4.78, 5) is 44.9. The largest absolute Gasteiger partial charge is 0.416 e. The van der Waals surface area contributed by atoms with Crippen molar-refractivity contribution in [2.24, 2.45) is 0 Å². The van der Waals surface area contributed by atoms with E-state index in [0.717, 1.165) is 50.2 Å². The third-order valence-electron chi connectivity index (χ3n) is 7.51. The zero-order valence-electron chi connectivity index (χ0n) is 24.1. The summed E-state index contributed by atoms with van der Waals surface area (Å²) in [5.41, 5.74) is 2.98. The summed E-state index contributed by atoms with van der Waals surface area (Å²) in [5, 5.41) is 5.61. The normalized spacial score (nSPS) is 13.3. The molecule has 0 bridgehead atoms. The van der Waals surface area contributed by atoms with E-state index in [1.165, 1.54) is 37.4 Å². The predicted molar refractivity (Wildman–Crippen MR) is 163 cm³/mol. The number of carbonyl (C=O) groups is 3. The quantitative estimate of drug-likeness (QED) is 0.210. The first-order chi connectivity index (χ1) is 21.1. The smallest absolute Gasteiger partial charge is 0.372 e. The van der Waals surface area contributed by atoms with Gasteiger partial charge < -0.3 is 15.5 Å². The van der Waals surface area contributed by atoms with Crippen LogP contribution in [0.1, 0.15) is 68.4 Å². The number of halogens is 3. The Bertz CT molecular complexity index is 1700. The molecule has 44 heavy (non-hydrogen) atoms. The molecule has 0 unspecified atom stereocenters. The van der Waals surface area contributed by atoms with Crippen molar-refractivity contribution in [1.29, 1.82) is 0 Å². The van der Waals surface area contributed by atoms with Crippen molar-refractivity contribution in [2.75, 3.05) is 23.3 Å². The van der Waals surface area contributed by atoms with E-state index in [1.54, 1.807) is 30.3 Å². The van der Waals surface area contributed by atoms with Crippen LogP contribution >= 0.6 is 0 Å². The van der Waals surface area contributed by atoms with Gasteiger partial charge in [-0.25, -0.2) is 0 Å². The summed E-state index contributed by atoms with van der Waals surface area (Å²) in [6.07, 6.45) is 0.298. The Balaban J connectivity index is 1.42. The number of ketones is 1. The Hall–Kier alpha value is -4.99. The van der Waals surface area contributed by atoms with E-state index >= 15 is 0 Å². The van der Waals surface area contributed by atoms with Gasteiger partial charge in [0.05, 0.1) is 16.9 Å². The molecule has 1 aromatic heterocycles. The van der Waals surface area contributed by atoms with E-state index in [9.17, 15) is 27.6 Å². The highest BCUT2D eigenvalue weighted by Crippen LogP contribution is 2.33. The van der Waals surface area contributed by atoms with E-state index in [4.69, 9.17) is 0 Å². The molecule has 0 aliphatic carbocycles. The molecule has 7 nitrogen and oxygen atoms in total. The van der Waals surface area contributed by atoms with Crippen molar-refractivity contribution in [3.8, 4) is 11.3 Å². The molecule has 5 rings (SSSR count). The lowest BCUT2D eigenvalue weighted by atomic mass is 10.0. The lowest BCUT2D eigenvalue weighted by molar-refractivity contribution is -0.137. The van der Waals surface area contributed by atoms with Crippen molar-refractivity contribution in [2.45, 2.75) is 38.9 Å². The predicted octanol–water partition coefficient (Wildman–Crippen LogP) is 7.14. The van der Waals surface area contributed by atoms with Crippen LogP contribution in [-0.4, -0.2) is 35.7 Å². The molecule has 1 saturated heterocycles. The maximum atomic E-state index is 13.3. The minimum absolute atomic E-state index is 0.0918. The second kappa shape index (κ2) is 13.1. The number of Topliss-reactive ketones (excluding diaryl/α,β-unsaturated/α-hetero) is 1. The van der Waals surface area contributed by atoms with Crippen molar-refractivity contribution >= 4 is 29.0 Å². The summed E-state index contributed by atoms with van der Waals surface area (Å²) in [7, 11) is 0. The minimum atomic E-state index is -4.48. The van der Waals surface area contributed by atoms with Gasteiger partial charge in [-0.05, 0) is 86.3 Å². The van der Waals surface area contributed by atoms with E-state index in [1.807, 2.05) is 12.1 Å². The summed E-state index contributed by atoms with van der Waals surface area (Å²) < 4.78 is 39.3. The lowest BCUT2D eigenvalue weighted by Crippen LogP contribution is -2.29. The number of nitrogens with one attached hydrogen (secondary N) is 2. The Morgan fingerprint density at radius 2 is 1.55 bits per heavy atom. The number of hydrogen-bond donors (Lipinski definition) is 2. The van der Waals surface area contributed by atoms with E-state index in [0.29, 0.717) is 33.6 Å². The molecular weight excluding hydrogens is 569 g/mol. The van der Waals surface area contributed by atoms with Gasteiger partial charge in [-0.15, -0.1) is 0 Å². The van der Waals surface area contributed by atoms with Gasteiger partial charge in [0.2, 0.25) is 0 Å². The minimum Gasteiger partial charge on any atom is -0.372 e. The fourth-order valence-corrected chi connectivity index (χ4v) is 5.14. The van der Waals surface area contributed by atoms with Gasteiger partial charge >= 0.3 is 6.18 Å². The number of hydrogen-bond acceptors (Lipinski definition) is 5. The van der Waals surface area contributed by atoms with Crippen LogP contribution in [0.5, 0.6) is 0 Å². The number of rotatable bonds is 8. The van der Waals surface area contributed by atoms with Crippen LogP contribution in [0.3, 0.4) is 0 Å². The van der Waals surface area contributed by atoms with Gasteiger partial charge in [-0.3, -0.25) is 19.4 Å². The Kier molecular flexibility index (Phi) is 9.08. The summed E-state index contributed by atoms with van der Waals surface area (Å²) in [6.45, 7) is 3.14. The second-order valence-electron chi connectivity index (χ2n) is 10.7. The Morgan fingerprint density at radius 1 is 0.818 bits per heavy atom. The molecule has 0 atom stereocenters. The molecule has 3 aromatic carbocycles. The van der Waals surface area contributed by atoms with Crippen molar-refractivity contribution in [3.05, 3.63) is 113 Å². The van der Waals surface area contributed by atoms with Gasteiger partial charge in [0.15, 0.2) is 5.78 Å². The number of amides is 2. The van der Waals surface area contributed by atoms with Crippen molar-refractivity contribution in [1.82, 2.24) is 10.3 Å². The van der Waals surface area contributed by atoms with Crippen LogP contribution in [0.15, 0.2) is 85.1 Å². The molecule has 2 heterocycles. The third-order valence-corrected chi connectivity index (χ3v) is 7.51. The van der Waals surface area contributed by atoms with E-state index in [-0.39, 0.29) is 17.9 Å². The van der Waals surface area contributed by atoms with Gasteiger partial charge in [-0.2, -0.15) is 13.2 Å². The van der Waals surface area contributed by atoms with Crippen LogP contribution in [0.25, 0.3) is 11.3 Å². The molecule has 1 fully saturated rings. The molecule has 1 aliphatic heterocycles. The lowest BCUT2D eigenvalue weighted by Gasteiger charge is -2.29. The molecule has 0 saturated carbocycles. The average molecular weight is 601 g/mol. The highest BCUT2D eigenvalue weighted by Gasteiger charge is 2.30. The fraction of sp³-hybridized carbons (Fsp3) is 0.235. The SMILES string of the molecule is CC(=O)c1cccc(C(=O)Nc2ccc(N3CCCCC3)cc2-c2cc(C(=O)NCc3cccc(C(F)(F)F)c3)ccn2)c1. The van der Waals surface area contributed by atoms with Gasteiger partial charge in [0.25, 0.3) is 11.8 Å². The van der Waals surface area contributed by atoms with Crippen LogP contribution in [0.2, 0.25) is 0 Å². The average Bonchev–Trinajstić information content (AvgIpc) is 3.04. The number of pyridine rings is 1. The van der Waals surface area contributed by atoms with Crippen molar-refractivity contribution in [3.63, 3.8) is 0 Å². The first-order valence-corrected chi connectivity index (χ1v) is 14.3. The van der Waals surface area contributed by atoms with Crippen LogP contribution in [-0.2, 0) is 12.7 Å². The number of alkyl halides is 3. The zero-order chi connectivity index (χ0) is 31.3. The fourth-order valence-electron chi connectivity index (χ4n) is 5.14. The van der Waals surface area contributed by atoms with Crippen LogP contribution in [0, 0.1) is 0 Å². The van der Waals surface area contributed by atoms with Gasteiger partial charge in [0.1, 0.15) is 0 Å². The third kappa shape index (κ3) is 7.31. The van der Waals surface area contributed by atoms with Crippen molar-refractivity contribution < 1.29 is 27.6 Å². The highest BCUT2D eigenvalue weighted by molar-refractivity contribution is 6.08. The molecule has 0 spiro atoms. The van der Waals surface area contributed by atoms with Gasteiger partial charge in [-0.1, -0.05) is 24.3 Å². The monoisotopic (exact) mass is 600 g/mol. The molecule has 1 aliphatic rings. The van der Waals surface area contributed by atoms with Crippen LogP contribution in [0.4, 0.5) is 24.5 Å². The molecule has 10 heteroatoms.